The van der Waals surface area contributed by atoms with Gasteiger partial charge in [-0.05, 0) is 43.0 Å². The topological polar surface area (TPSA) is 77.8 Å². The summed E-state index contributed by atoms with van der Waals surface area (Å²) in [5.74, 6) is 1.01. The summed E-state index contributed by atoms with van der Waals surface area (Å²) >= 11 is 0. The first-order valence-electron chi connectivity index (χ1n) is 11.0. The average Bonchev–Trinajstić information content (AvgIpc) is 3.45. The van der Waals surface area contributed by atoms with Crippen LogP contribution in [0.25, 0.3) is 0 Å². The first-order valence-corrected chi connectivity index (χ1v) is 11.0. The van der Waals surface area contributed by atoms with Gasteiger partial charge in [0, 0.05) is 53.2 Å². The van der Waals surface area contributed by atoms with Crippen LogP contribution < -0.4 is 10.6 Å². The molecule has 8 nitrogen and oxygen atoms in total. The minimum absolute atomic E-state index is 0. The molecule has 1 aromatic heterocycles. The van der Waals surface area contributed by atoms with E-state index in [2.05, 4.69) is 49.9 Å². The van der Waals surface area contributed by atoms with E-state index in [1.54, 1.807) is 18.1 Å². The second kappa shape index (κ2) is 13.4. The summed E-state index contributed by atoms with van der Waals surface area (Å²) in [6.45, 7) is 4.18. The van der Waals surface area contributed by atoms with Crippen LogP contribution in [0.4, 0.5) is 0 Å². The standard InChI is InChI=1S/C23H35N7O.HI/c1-24-23(25-12-7-15-29-14-6-11-21(29)22(31)28(2)3)26-17-19-9-4-5-10-20(19)18-30-16-8-13-27-30;/h4-5,8-10,13,16,21H,6-7,11-12,14-15,17-18H2,1-3H3,(H2,24,25,26);1H. The van der Waals surface area contributed by atoms with Gasteiger partial charge in [0.05, 0.1) is 12.6 Å². The molecule has 2 heterocycles. The highest BCUT2D eigenvalue weighted by molar-refractivity contribution is 14.0. The number of carbonyl (C=O) groups excluding carboxylic acids is 1. The normalized spacial score (nSPS) is 16.5. The third-order valence-corrected chi connectivity index (χ3v) is 5.68. The molecule has 9 heteroatoms. The van der Waals surface area contributed by atoms with Crippen LogP contribution in [0, 0.1) is 0 Å². The van der Waals surface area contributed by atoms with E-state index in [1.807, 2.05) is 31.0 Å². The van der Waals surface area contributed by atoms with Crippen LogP contribution in [0.2, 0.25) is 0 Å². The second-order valence-corrected chi connectivity index (χ2v) is 8.11. The van der Waals surface area contributed by atoms with Gasteiger partial charge >= 0.3 is 0 Å². The predicted octanol–water partition coefficient (Wildman–Crippen LogP) is 2.16. The number of halogens is 1. The fraction of sp³-hybridized carbons (Fsp3) is 0.522. The van der Waals surface area contributed by atoms with Crippen LogP contribution in [0.1, 0.15) is 30.4 Å². The molecule has 1 aromatic carbocycles. The number of guanidine groups is 1. The predicted molar refractivity (Wildman–Crippen MR) is 139 cm³/mol. The number of hydrogen-bond donors (Lipinski definition) is 2. The van der Waals surface area contributed by atoms with E-state index in [-0.39, 0.29) is 35.9 Å². The Bertz CT molecular complexity index is 854. The maximum Gasteiger partial charge on any atom is 0.239 e. The molecule has 1 atom stereocenters. The van der Waals surface area contributed by atoms with E-state index in [0.29, 0.717) is 6.54 Å². The average molecular weight is 553 g/mol. The number of amides is 1. The fourth-order valence-electron chi connectivity index (χ4n) is 4.01. The first-order chi connectivity index (χ1) is 15.1. The van der Waals surface area contributed by atoms with Crippen LogP contribution in [0.15, 0.2) is 47.7 Å². The van der Waals surface area contributed by atoms with E-state index >= 15 is 0 Å². The Morgan fingerprint density at radius 1 is 1.22 bits per heavy atom. The third-order valence-electron chi connectivity index (χ3n) is 5.68. The molecule has 1 aliphatic heterocycles. The van der Waals surface area contributed by atoms with Crippen LogP contribution in [0.5, 0.6) is 0 Å². The number of carbonyl (C=O) groups is 1. The fourth-order valence-corrected chi connectivity index (χ4v) is 4.01. The van der Waals surface area contributed by atoms with Crippen LogP contribution in [-0.4, -0.2) is 78.3 Å². The van der Waals surface area contributed by atoms with Gasteiger partial charge in [0.25, 0.3) is 0 Å². The summed E-state index contributed by atoms with van der Waals surface area (Å²) in [6.07, 6.45) is 6.80. The molecular formula is C23H36IN7O. The number of hydrogen-bond acceptors (Lipinski definition) is 4. The highest BCUT2D eigenvalue weighted by Gasteiger charge is 2.30. The van der Waals surface area contributed by atoms with Crippen LogP contribution in [-0.2, 0) is 17.9 Å². The van der Waals surface area contributed by atoms with Crippen molar-refractivity contribution in [2.24, 2.45) is 4.99 Å². The molecule has 1 fully saturated rings. The number of aliphatic imine (C=N–C) groups is 1. The minimum atomic E-state index is 0. The maximum absolute atomic E-state index is 12.3. The lowest BCUT2D eigenvalue weighted by molar-refractivity contribution is -0.133. The van der Waals surface area contributed by atoms with Gasteiger partial charge < -0.3 is 15.5 Å². The number of likely N-dealkylation sites (tertiary alicyclic amines) is 1. The van der Waals surface area contributed by atoms with E-state index in [0.717, 1.165) is 51.4 Å². The smallest absolute Gasteiger partial charge is 0.239 e. The molecule has 0 radical (unpaired) electrons. The number of nitrogens with zero attached hydrogens (tertiary/aromatic N) is 5. The van der Waals surface area contributed by atoms with Gasteiger partial charge in [0.15, 0.2) is 5.96 Å². The van der Waals surface area contributed by atoms with Gasteiger partial charge in [-0.15, -0.1) is 24.0 Å². The van der Waals surface area contributed by atoms with Gasteiger partial charge in [-0.1, -0.05) is 24.3 Å². The highest BCUT2D eigenvalue weighted by Crippen LogP contribution is 2.18. The van der Waals surface area contributed by atoms with Crippen molar-refractivity contribution in [3.63, 3.8) is 0 Å². The zero-order chi connectivity index (χ0) is 22.1. The lowest BCUT2D eigenvalue weighted by Crippen LogP contribution is -2.44. The van der Waals surface area contributed by atoms with E-state index in [9.17, 15) is 4.79 Å². The molecule has 0 aliphatic carbocycles. The van der Waals surface area contributed by atoms with Gasteiger partial charge in [-0.3, -0.25) is 19.4 Å². The van der Waals surface area contributed by atoms with Crippen molar-refractivity contribution in [2.45, 2.75) is 38.4 Å². The molecule has 2 N–H and O–H groups in total. The summed E-state index contributed by atoms with van der Waals surface area (Å²) in [6, 6.07) is 10.4. The number of aromatic nitrogens is 2. The number of likely N-dealkylation sites (N-methyl/N-ethyl adjacent to an activating group) is 1. The van der Waals surface area contributed by atoms with Crippen molar-refractivity contribution < 1.29 is 4.79 Å². The summed E-state index contributed by atoms with van der Waals surface area (Å²) in [5, 5.41) is 11.1. The molecule has 32 heavy (non-hydrogen) atoms. The monoisotopic (exact) mass is 553 g/mol. The molecule has 3 rings (SSSR count). The molecule has 1 saturated heterocycles. The van der Waals surface area contributed by atoms with Crippen molar-refractivity contribution in [2.75, 3.05) is 40.8 Å². The van der Waals surface area contributed by atoms with E-state index < -0.39 is 0 Å². The molecule has 0 spiro atoms. The van der Waals surface area contributed by atoms with Crippen molar-refractivity contribution in [3.05, 3.63) is 53.9 Å². The van der Waals surface area contributed by atoms with E-state index in [1.165, 1.54) is 11.1 Å². The van der Waals surface area contributed by atoms with Crippen molar-refractivity contribution in [1.29, 1.82) is 0 Å². The minimum Gasteiger partial charge on any atom is -0.356 e. The van der Waals surface area contributed by atoms with Gasteiger partial charge in [0.1, 0.15) is 0 Å². The summed E-state index contributed by atoms with van der Waals surface area (Å²) in [7, 11) is 5.46. The second-order valence-electron chi connectivity index (χ2n) is 8.11. The molecular weight excluding hydrogens is 517 g/mol. The molecule has 1 amide bonds. The molecule has 1 unspecified atom stereocenters. The molecule has 0 saturated carbocycles. The van der Waals surface area contributed by atoms with Crippen molar-refractivity contribution in [3.8, 4) is 0 Å². The molecule has 2 aromatic rings. The highest BCUT2D eigenvalue weighted by atomic mass is 127. The van der Waals surface area contributed by atoms with Gasteiger partial charge in [0.2, 0.25) is 5.91 Å². The molecule has 176 valence electrons. The summed E-state index contributed by atoms with van der Waals surface area (Å²) in [4.78, 5) is 20.7. The molecule has 1 aliphatic rings. The third kappa shape index (κ3) is 7.47. The Labute approximate surface area is 208 Å². The van der Waals surface area contributed by atoms with E-state index in [4.69, 9.17) is 0 Å². The maximum atomic E-state index is 12.3. The quantitative estimate of drug-likeness (QED) is 0.216. The Morgan fingerprint density at radius 3 is 2.69 bits per heavy atom. The first kappa shape index (κ1) is 26.1. The Kier molecular flexibility index (Phi) is 10.9. The summed E-state index contributed by atoms with van der Waals surface area (Å²) in [5.41, 5.74) is 2.46. The number of rotatable bonds is 9. The van der Waals surface area contributed by atoms with Crippen LogP contribution >= 0.6 is 24.0 Å². The zero-order valence-electron chi connectivity index (χ0n) is 19.3. The largest absolute Gasteiger partial charge is 0.356 e. The van der Waals surface area contributed by atoms with Gasteiger partial charge in [-0.2, -0.15) is 5.10 Å². The van der Waals surface area contributed by atoms with Crippen molar-refractivity contribution in [1.82, 2.24) is 30.2 Å². The molecule has 0 bridgehead atoms. The van der Waals surface area contributed by atoms with Crippen molar-refractivity contribution >= 4 is 35.8 Å². The lowest BCUT2D eigenvalue weighted by atomic mass is 10.1. The van der Waals surface area contributed by atoms with Gasteiger partial charge in [-0.25, -0.2) is 0 Å². The zero-order valence-corrected chi connectivity index (χ0v) is 21.7. The van der Waals surface area contributed by atoms with Crippen LogP contribution in [0.3, 0.4) is 0 Å². The number of benzene rings is 1. The Balaban J connectivity index is 0.00000363. The lowest BCUT2D eigenvalue weighted by Gasteiger charge is -2.26. The SMILES string of the molecule is CN=C(NCCCN1CCCC1C(=O)N(C)C)NCc1ccccc1Cn1cccn1.I. The number of nitrogens with one attached hydrogen (secondary N) is 2. The Hall–Kier alpha value is -2.14. The summed E-state index contributed by atoms with van der Waals surface area (Å²) < 4.78 is 1.93. The Morgan fingerprint density at radius 2 is 2.00 bits per heavy atom.